The first kappa shape index (κ1) is 18.2. The fourth-order valence-electron chi connectivity index (χ4n) is 5.19. The summed E-state index contributed by atoms with van der Waals surface area (Å²) in [6.07, 6.45) is 8.78. The second kappa shape index (κ2) is 6.31. The molecule has 0 amide bonds. The Labute approximate surface area is 171 Å². The largest absolute Gasteiger partial charge is 0.504 e. The van der Waals surface area contributed by atoms with E-state index >= 15 is 0 Å². The van der Waals surface area contributed by atoms with Gasteiger partial charge in [0.25, 0.3) is 0 Å². The normalized spacial score (nSPS) is 21.4. The number of benzene rings is 2. The molecule has 4 nitrogen and oxygen atoms in total. The van der Waals surface area contributed by atoms with Crippen molar-refractivity contribution in [3.63, 3.8) is 0 Å². The Morgan fingerprint density at radius 1 is 1.10 bits per heavy atom. The minimum absolute atomic E-state index is 0.0388. The number of hydrogen-bond acceptors (Lipinski definition) is 4. The van der Waals surface area contributed by atoms with Gasteiger partial charge in [-0.3, -0.25) is 0 Å². The highest BCUT2D eigenvalue weighted by Gasteiger charge is 2.39. The van der Waals surface area contributed by atoms with Crippen LogP contribution in [-0.2, 0) is 0 Å². The third-order valence-electron chi connectivity index (χ3n) is 6.26. The van der Waals surface area contributed by atoms with Crippen molar-refractivity contribution in [2.75, 3.05) is 12.4 Å². The van der Waals surface area contributed by atoms with E-state index < -0.39 is 0 Å². The van der Waals surface area contributed by atoms with Gasteiger partial charge < -0.3 is 19.9 Å². The number of methoxy groups -OCH3 is 1. The van der Waals surface area contributed by atoms with Crippen LogP contribution < -0.4 is 14.8 Å². The standard InChI is InChI=1S/C25H27NO3/c1-14-13-25(2,3)26-17-10-9-16-21-19(12-11-18(27)24(21)28-4)29-23(22(16)20(14)17)15-7-5-6-8-15/h5-6,9-13,15,23,26-27H,7-8H2,1-4H3/t23-/m0/s1. The first-order valence-corrected chi connectivity index (χ1v) is 10.3. The van der Waals surface area contributed by atoms with Crippen molar-refractivity contribution in [2.45, 2.75) is 45.3 Å². The lowest BCUT2D eigenvalue weighted by atomic mass is 9.78. The van der Waals surface area contributed by atoms with E-state index in [0.29, 0.717) is 11.7 Å². The molecule has 150 valence electrons. The van der Waals surface area contributed by atoms with Crippen LogP contribution in [0, 0.1) is 5.92 Å². The lowest BCUT2D eigenvalue weighted by Gasteiger charge is -2.39. The van der Waals surface area contributed by atoms with E-state index in [1.807, 2.05) is 6.07 Å². The maximum absolute atomic E-state index is 10.4. The first-order valence-electron chi connectivity index (χ1n) is 10.3. The third-order valence-corrected chi connectivity index (χ3v) is 6.26. The van der Waals surface area contributed by atoms with E-state index in [1.54, 1.807) is 13.2 Å². The quantitative estimate of drug-likeness (QED) is 0.612. The van der Waals surface area contributed by atoms with E-state index in [1.165, 1.54) is 16.7 Å². The second-order valence-corrected chi connectivity index (χ2v) is 8.86. The lowest BCUT2D eigenvalue weighted by molar-refractivity contribution is 0.137. The van der Waals surface area contributed by atoms with Crippen molar-refractivity contribution in [2.24, 2.45) is 5.92 Å². The number of aromatic hydroxyl groups is 1. The van der Waals surface area contributed by atoms with Gasteiger partial charge in [0.1, 0.15) is 11.9 Å². The van der Waals surface area contributed by atoms with Crippen LogP contribution in [0.3, 0.4) is 0 Å². The van der Waals surface area contributed by atoms with Crippen LogP contribution in [0.25, 0.3) is 16.7 Å². The first-order chi connectivity index (χ1) is 13.9. The highest BCUT2D eigenvalue weighted by Crippen LogP contribution is 2.56. The van der Waals surface area contributed by atoms with Gasteiger partial charge in [-0.25, -0.2) is 0 Å². The summed E-state index contributed by atoms with van der Waals surface area (Å²) in [5, 5.41) is 14.1. The number of ether oxygens (including phenoxy) is 2. The van der Waals surface area contributed by atoms with Crippen LogP contribution in [-0.4, -0.2) is 17.8 Å². The molecule has 2 aliphatic heterocycles. The Morgan fingerprint density at radius 2 is 1.86 bits per heavy atom. The number of hydrogen-bond donors (Lipinski definition) is 2. The van der Waals surface area contributed by atoms with Crippen molar-refractivity contribution in [3.8, 4) is 28.4 Å². The molecular formula is C25H27NO3. The molecule has 0 fully saturated rings. The topological polar surface area (TPSA) is 50.7 Å². The zero-order chi connectivity index (χ0) is 20.3. The fourth-order valence-corrected chi connectivity index (χ4v) is 5.19. The van der Waals surface area contributed by atoms with Crippen LogP contribution in [0.4, 0.5) is 5.69 Å². The molecule has 2 aromatic rings. The SMILES string of the molecule is COc1c(O)ccc2c1-c1ccc3c(c1[C@H](C1CC=CC1)O2)C(C)=CC(C)(C)N3. The third kappa shape index (κ3) is 2.73. The fraction of sp³-hybridized carbons (Fsp3) is 0.360. The number of fused-ring (bicyclic) bond motifs is 5. The van der Waals surface area contributed by atoms with Crippen molar-refractivity contribution in [1.29, 1.82) is 0 Å². The van der Waals surface area contributed by atoms with Crippen LogP contribution in [0.5, 0.6) is 17.2 Å². The van der Waals surface area contributed by atoms with E-state index in [-0.39, 0.29) is 17.4 Å². The Hall–Kier alpha value is -2.88. The summed E-state index contributed by atoms with van der Waals surface area (Å²) in [6.45, 7) is 6.55. The summed E-state index contributed by atoms with van der Waals surface area (Å²) in [4.78, 5) is 0. The molecule has 0 radical (unpaired) electrons. The Morgan fingerprint density at radius 3 is 2.59 bits per heavy atom. The summed E-state index contributed by atoms with van der Waals surface area (Å²) in [5.41, 5.74) is 6.63. The number of phenols is 1. The zero-order valence-corrected chi connectivity index (χ0v) is 17.4. The number of nitrogens with one attached hydrogen (secondary N) is 1. The molecule has 2 aromatic carbocycles. The molecule has 3 aliphatic rings. The smallest absolute Gasteiger partial charge is 0.172 e. The zero-order valence-electron chi connectivity index (χ0n) is 17.4. The molecule has 2 N–H and O–H groups in total. The molecule has 29 heavy (non-hydrogen) atoms. The molecular weight excluding hydrogens is 362 g/mol. The summed E-state index contributed by atoms with van der Waals surface area (Å²) < 4.78 is 12.2. The van der Waals surface area contributed by atoms with Gasteiger partial charge in [0.05, 0.1) is 18.2 Å². The van der Waals surface area contributed by atoms with Crippen molar-refractivity contribution < 1.29 is 14.6 Å². The van der Waals surface area contributed by atoms with E-state index in [2.05, 4.69) is 56.4 Å². The number of allylic oxidation sites excluding steroid dienone is 3. The minimum Gasteiger partial charge on any atom is -0.504 e. The maximum Gasteiger partial charge on any atom is 0.172 e. The summed E-state index contributed by atoms with van der Waals surface area (Å²) in [6, 6.07) is 7.80. The molecule has 1 atom stereocenters. The minimum atomic E-state index is -0.0981. The number of phenolic OH excluding ortho intramolecular Hbond substituents is 1. The Kier molecular flexibility index (Phi) is 3.95. The van der Waals surface area contributed by atoms with Gasteiger partial charge in [0.2, 0.25) is 0 Å². The van der Waals surface area contributed by atoms with E-state index in [4.69, 9.17) is 9.47 Å². The van der Waals surface area contributed by atoms with Crippen LogP contribution in [0.1, 0.15) is 50.8 Å². The molecule has 4 heteroatoms. The summed E-state index contributed by atoms with van der Waals surface area (Å²) >= 11 is 0. The molecule has 0 saturated heterocycles. The van der Waals surface area contributed by atoms with Gasteiger partial charge in [-0.05, 0) is 62.9 Å². The monoisotopic (exact) mass is 389 g/mol. The Bertz CT molecular complexity index is 1060. The average molecular weight is 389 g/mol. The predicted molar refractivity (Wildman–Crippen MR) is 117 cm³/mol. The molecule has 5 rings (SSSR count). The summed E-state index contributed by atoms with van der Waals surface area (Å²) in [7, 11) is 1.59. The Balaban J connectivity index is 1.80. The highest BCUT2D eigenvalue weighted by molar-refractivity contribution is 5.92. The van der Waals surface area contributed by atoms with Gasteiger partial charge in [-0.15, -0.1) is 0 Å². The van der Waals surface area contributed by atoms with Gasteiger partial charge in [0, 0.05) is 22.7 Å². The van der Waals surface area contributed by atoms with Crippen LogP contribution in [0.2, 0.25) is 0 Å². The van der Waals surface area contributed by atoms with Crippen LogP contribution in [0.15, 0.2) is 42.5 Å². The summed E-state index contributed by atoms with van der Waals surface area (Å²) in [5.74, 6) is 1.77. The molecule has 0 bridgehead atoms. The van der Waals surface area contributed by atoms with Gasteiger partial charge in [-0.2, -0.15) is 0 Å². The number of anilines is 1. The van der Waals surface area contributed by atoms with Gasteiger partial charge in [0.15, 0.2) is 11.5 Å². The van der Waals surface area contributed by atoms with Gasteiger partial charge in [-0.1, -0.05) is 24.3 Å². The molecule has 0 unspecified atom stereocenters. The molecule has 0 aromatic heterocycles. The predicted octanol–water partition coefficient (Wildman–Crippen LogP) is 6.07. The van der Waals surface area contributed by atoms with E-state index in [9.17, 15) is 5.11 Å². The average Bonchev–Trinajstić information content (AvgIpc) is 3.20. The van der Waals surface area contributed by atoms with E-state index in [0.717, 1.165) is 35.4 Å². The van der Waals surface area contributed by atoms with Crippen molar-refractivity contribution in [1.82, 2.24) is 0 Å². The molecule has 0 saturated carbocycles. The van der Waals surface area contributed by atoms with Crippen LogP contribution >= 0.6 is 0 Å². The molecule has 0 spiro atoms. The molecule has 2 heterocycles. The van der Waals surface area contributed by atoms with Crippen molar-refractivity contribution >= 4 is 11.3 Å². The van der Waals surface area contributed by atoms with Crippen molar-refractivity contribution in [3.05, 3.63) is 53.6 Å². The highest BCUT2D eigenvalue weighted by atomic mass is 16.5. The maximum atomic E-state index is 10.4. The number of rotatable bonds is 2. The lowest BCUT2D eigenvalue weighted by Crippen LogP contribution is -2.33. The second-order valence-electron chi connectivity index (χ2n) is 8.86. The molecule has 1 aliphatic carbocycles. The van der Waals surface area contributed by atoms with Gasteiger partial charge >= 0.3 is 0 Å².